The number of hydrogen-bond donors (Lipinski definition) is 0. The Labute approximate surface area is 155 Å². The van der Waals surface area contributed by atoms with Crippen molar-refractivity contribution in [2.45, 2.75) is 44.2 Å². The van der Waals surface area contributed by atoms with Crippen LogP contribution in [0.3, 0.4) is 0 Å². The van der Waals surface area contributed by atoms with E-state index >= 15 is 0 Å². The first-order valence-corrected chi connectivity index (χ1v) is 9.95. The van der Waals surface area contributed by atoms with Gasteiger partial charge < -0.3 is 4.74 Å². The molecule has 0 N–H and O–H groups in total. The number of rotatable bonds is 5. The highest BCUT2D eigenvalue weighted by molar-refractivity contribution is 7.89. The summed E-state index contributed by atoms with van der Waals surface area (Å²) in [6.07, 6.45) is 6.23. The van der Waals surface area contributed by atoms with Crippen LogP contribution in [0.1, 0.15) is 22.3 Å². The second kappa shape index (κ2) is 6.79. The lowest BCUT2D eigenvalue weighted by Crippen LogP contribution is -2.19. The van der Waals surface area contributed by atoms with E-state index in [0.29, 0.717) is 28.2 Å². The lowest BCUT2D eigenvalue weighted by Gasteiger charge is -2.17. The van der Waals surface area contributed by atoms with Crippen LogP contribution in [-0.4, -0.2) is 31.9 Å². The van der Waals surface area contributed by atoms with Gasteiger partial charge in [0.1, 0.15) is 11.8 Å². The van der Waals surface area contributed by atoms with Gasteiger partial charge in [0.25, 0.3) is 0 Å². The topological polar surface area (TPSA) is 46.4 Å². The molecule has 3 atom stereocenters. The van der Waals surface area contributed by atoms with E-state index in [4.69, 9.17) is 11.2 Å². The van der Waals surface area contributed by atoms with Crippen LogP contribution >= 0.6 is 0 Å². The zero-order valence-corrected chi connectivity index (χ0v) is 16.3. The predicted molar refractivity (Wildman–Crippen MR) is 103 cm³/mol. The largest absolute Gasteiger partial charge is 0.496 e. The summed E-state index contributed by atoms with van der Waals surface area (Å²) < 4.78 is 33.5. The number of sulfonamides is 1. The summed E-state index contributed by atoms with van der Waals surface area (Å²) in [7, 11) is -2.08. The Balaban J connectivity index is 1.99. The predicted octanol–water partition coefficient (Wildman–Crippen LogP) is 3.24. The van der Waals surface area contributed by atoms with Crippen molar-refractivity contribution in [3.8, 4) is 18.1 Å². The second-order valence-electron chi connectivity index (χ2n) is 6.68. The number of ether oxygens (including phenoxy) is 1. The van der Waals surface area contributed by atoms with Crippen LogP contribution < -0.4 is 4.74 Å². The van der Waals surface area contributed by atoms with E-state index in [-0.39, 0.29) is 6.04 Å². The van der Waals surface area contributed by atoms with Crippen LogP contribution in [0.25, 0.3) is 0 Å². The van der Waals surface area contributed by atoms with E-state index in [0.717, 1.165) is 11.1 Å². The zero-order valence-electron chi connectivity index (χ0n) is 15.5. The first kappa shape index (κ1) is 18.5. The minimum Gasteiger partial charge on any atom is -0.496 e. The molecule has 0 aliphatic carbocycles. The molecule has 1 aliphatic rings. The number of nitrogens with zero attached hydrogens (tertiary/aromatic N) is 1. The van der Waals surface area contributed by atoms with Gasteiger partial charge in [-0.25, -0.2) is 8.42 Å². The van der Waals surface area contributed by atoms with Crippen molar-refractivity contribution in [2.75, 3.05) is 7.11 Å². The minimum absolute atomic E-state index is 0.200. The standard InChI is InChI=1S/C21H23NO3S/c1-6-18-19(13-17-10-8-7-9-11-17)22(18)26(23,24)21-14(2)12-20(25-5)15(3)16(21)4/h1,7-12,18-19H,13H2,2-5H3/t18-,19-,22?/m0/s1. The number of hydrogen-bond acceptors (Lipinski definition) is 3. The Kier molecular flexibility index (Phi) is 4.83. The Morgan fingerprint density at radius 2 is 1.81 bits per heavy atom. The lowest BCUT2D eigenvalue weighted by molar-refractivity contribution is 0.410. The van der Waals surface area contributed by atoms with Crippen molar-refractivity contribution < 1.29 is 13.2 Å². The van der Waals surface area contributed by atoms with Gasteiger partial charge in [0.2, 0.25) is 10.0 Å². The van der Waals surface area contributed by atoms with Crippen LogP contribution in [0.15, 0.2) is 41.3 Å². The molecule has 1 saturated heterocycles. The van der Waals surface area contributed by atoms with Crippen molar-refractivity contribution in [3.63, 3.8) is 0 Å². The summed E-state index contributed by atoms with van der Waals surface area (Å²) >= 11 is 0. The van der Waals surface area contributed by atoms with Crippen LogP contribution in [0, 0.1) is 33.1 Å². The molecule has 0 saturated carbocycles. The highest BCUT2D eigenvalue weighted by Gasteiger charge is 2.55. The molecule has 1 heterocycles. The summed E-state index contributed by atoms with van der Waals surface area (Å²) in [6.45, 7) is 5.48. The highest BCUT2D eigenvalue weighted by atomic mass is 32.2. The van der Waals surface area contributed by atoms with Crippen molar-refractivity contribution in [2.24, 2.45) is 0 Å². The summed E-state index contributed by atoms with van der Waals surface area (Å²) in [4.78, 5) is 0.339. The van der Waals surface area contributed by atoms with Crippen LogP contribution in [0.2, 0.25) is 0 Å². The van der Waals surface area contributed by atoms with Gasteiger partial charge in [0, 0.05) is 0 Å². The van der Waals surface area contributed by atoms with Crippen LogP contribution in [-0.2, 0) is 16.4 Å². The van der Waals surface area contributed by atoms with E-state index in [1.54, 1.807) is 20.1 Å². The molecular weight excluding hydrogens is 346 g/mol. The Morgan fingerprint density at radius 1 is 1.15 bits per heavy atom. The minimum atomic E-state index is -3.67. The van der Waals surface area contributed by atoms with Gasteiger partial charge in [-0.1, -0.05) is 36.3 Å². The molecule has 4 nitrogen and oxygen atoms in total. The quantitative estimate of drug-likeness (QED) is 0.600. The maximum atomic E-state index is 13.3. The monoisotopic (exact) mass is 369 g/mol. The van der Waals surface area contributed by atoms with E-state index in [1.807, 2.05) is 44.2 Å². The van der Waals surface area contributed by atoms with Gasteiger partial charge >= 0.3 is 0 Å². The molecule has 1 aliphatic heterocycles. The average molecular weight is 369 g/mol. The maximum absolute atomic E-state index is 13.3. The van der Waals surface area contributed by atoms with Crippen molar-refractivity contribution in [1.82, 2.24) is 4.31 Å². The molecule has 0 amide bonds. The van der Waals surface area contributed by atoms with Gasteiger partial charge in [-0.3, -0.25) is 0 Å². The van der Waals surface area contributed by atoms with Crippen molar-refractivity contribution in [3.05, 3.63) is 58.7 Å². The smallest absolute Gasteiger partial charge is 0.245 e. The summed E-state index contributed by atoms with van der Waals surface area (Å²) in [5, 5.41) is 0. The fourth-order valence-corrected chi connectivity index (χ4v) is 5.77. The Hall–Kier alpha value is -2.29. The van der Waals surface area contributed by atoms with Gasteiger partial charge in [-0.05, 0) is 55.5 Å². The molecule has 0 spiro atoms. The van der Waals surface area contributed by atoms with Gasteiger partial charge in [-0.2, -0.15) is 4.31 Å². The molecule has 0 aromatic heterocycles. The molecule has 2 aromatic rings. The zero-order chi connectivity index (χ0) is 19.1. The normalized spacial score (nSPS) is 21.9. The molecule has 136 valence electrons. The van der Waals surface area contributed by atoms with Crippen LogP contribution in [0.4, 0.5) is 0 Å². The van der Waals surface area contributed by atoms with Gasteiger partial charge in [0.05, 0.1) is 18.0 Å². The molecular formula is C21H23NO3S. The molecule has 1 fully saturated rings. The van der Waals surface area contributed by atoms with E-state index in [9.17, 15) is 8.42 Å². The Morgan fingerprint density at radius 3 is 2.38 bits per heavy atom. The molecule has 1 unspecified atom stereocenters. The molecule has 0 radical (unpaired) electrons. The molecule has 2 aromatic carbocycles. The molecule has 26 heavy (non-hydrogen) atoms. The average Bonchev–Trinajstić information content (AvgIpc) is 3.32. The SMILES string of the molecule is C#C[C@H]1[C@H](Cc2ccccc2)N1S(=O)(=O)c1c(C)cc(OC)c(C)c1C. The Bertz CT molecular complexity index is 975. The van der Waals surface area contributed by atoms with Crippen molar-refractivity contribution in [1.29, 1.82) is 0 Å². The third-order valence-electron chi connectivity index (χ3n) is 5.07. The summed E-state index contributed by atoms with van der Waals surface area (Å²) in [6, 6.07) is 11.0. The summed E-state index contributed by atoms with van der Waals surface area (Å²) in [5.41, 5.74) is 3.29. The fraction of sp³-hybridized carbons (Fsp3) is 0.333. The first-order valence-electron chi connectivity index (χ1n) is 8.51. The first-order chi connectivity index (χ1) is 12.3. The van der Waals surface area contributed by atoms with Crippen molar-refractivity contribution >= 4 is 10.0 Å². The molecule has 3 rings (SSSR count). The van der Waals surface area contributed by atoms with Crippen LogP contribution in [0.5, 0.6) is 5.75 Å². The van der Waals surface area contributed by atoms with E-state index in [1.165, 1.54) is 4.31 Å². The third kappa shape index (κ3) is 3.00. The van der Waals surface area contributed by atoms with Gasteiger partial charge in [0.15, 0.2) is 0 Å². The third-order valence-corrected chi connectivity index (χ3v) is 7.27. The number of terminal acetylenes is 1. The van der Waals surface area contributed by atoms with Gasteiger partial charge in [-0.15, -0.1) is 6.42 Å². The number of methoxy groups -OCH3 is 1. The molecule has 0 bridgehead atoms. The summed E-state index contributed by atoms with van der Waals surface area (Å²) in [5.74, 6) is 3.33. The second-order valence-corrected chi connectivity index (χ2v) is 8.46. The highest BCUT2D eigenvalue weighted by Crippen LogP contribution is 2.41. The fourth-order valence-electron chi connectivity index (χ4n) is 3.56. The van der Waals surface area contributed by atoms with E-state index in [2.05, 4.69) is 5.92 Å². The van der Waals surface area contributed by atoms with E-state index < -0.39 is 16.1 Å². The maximum Gasteiger partial charge on any atom is 0.245 e. The molecule has 5 heteroatoms. The lowest BCUT2D eigenvalue weighted by atomic mass is 10.1. The number of benzene rings is 2. The number of aryl methyl sites for hydroxylation is 1.